The summed E-state index contributed by atoms with van der Waals surface area (Å²) in [5.74, 6) is -0.242. The Morgan fingerprint density at radius 2 is 1.84 bits per heavy atom. The second kappa shape index (κ2) is 10.3. The van der Waals surface area contributed by atoms with Gasteiger partial charge in [0.25, 0.3) is 5.91 Å². The molecule has 0 atom stereocenters. The van der Waals surface area contributed by atoms with E-state index >= 15 is 0 Å². The van der Waals surface area contributed by atoms with Gasteiger partial charge in [0.1, 0.15) is 10.6 Å². The van der Waals surface area contributed by atoms with E-state index in [2.05, 4.69) is 9.71 Å². The van der Waals surface area contributed by atoms with Crippen LogP contribution in [-0.4, -0.2) is 38.4 Å². The van der Waals surface area contributed by atoms with Gasteiger partial charge in [-0.3, -0.25) is 9.78 Å². The van der Waals surface area contributed by atoms with E-state index in [-0.39, 0.29) is 35.2 Å². The summed E-state index contributed by atoms with van der Waals surface area (Å²) >= 11 is 12.1. The van der Waals surface area contributed by atoms with Gasteiger partial charge in [0.2, 0.25) is 10.0 Å². The smallest absolute Gasteiger partial charge is 0.254 e. The zero-order valence-electron chi connectivity index (χ0n) is 17.4. The molecule has 0 saturated heterocycles. The van der Waals surface area contributed by atoms with Crippen LogP contribution in [0.25, 0.3) is 0 Å². The van der Waals surface area contributed by atoms with Crippen LogP contribution in [-0.2, 0) is 23.1 Å². The Morgan fingerprint density at radius 1 is 1.06 bits per heavy atom. The van der Waals surface area contributed by atoms with Crippen molar-refractivity contribution in [2.75, 3.05) is 14.2 Å². The average molecular weight is 494 g/mol. The zero-order valence-corrected chi connectivity index (χ0v) is 19.7. The molecular formula is C22H21Cl2N3O4S. The van der Waals surface area contributed by atoms with Crippen LogP contribution >= 0.6 is 23.2 Å². The number of carbonyl (C=O) groups is 1. The third-order valence-electron chi connectivity index (χ3n) is 4.69. The Morgan fingerprint density at radius 3 is 2.47 bits per heavy atom. The normalized spacial score (nSPS) is 11.2. The molecule has 0 unspecified atom stereocenters. The van der Waals surface area contributed by atoms with Crippen LogP contribution in [0.3, 0.4) is 0 Å². The number of ether oxygens (including phenoxy) is 1. The van der Waals surface area contributed by atoms with Crippen molar-refractivity contribution in [3.8, 4) is 5.75 Å². The summed E-state index contributed by atoms with van der Waals surface area (Å²) in [5.41, 5.74) is 1.63. The summed E-state index contributed by atoms with van der Waals surface area (Å²) in [6.07, 6.45) is 1.64. The fraction of sp³-hybridized carbons (Fsp3) is 0.182. The maximum Gasteiger partial charge on any atom is 0.254 e. The van der Waals surface area contributed by atoms with Crippen molar-refractivity contribution in [3.63, 3.8) is 0 Å². The Hall–Kier alpha value is -2.65. The maximum atomic E-state index is 13.5. The number of hydrogen-bond acceptors (Lipinski definition) is 5. The highest BCUT2D eigenvalue weighted by Gasteiger charge is 2.23. The van der Waals surface area contributed by atoms with Gasteiger partial charge in [0.15, 0.2) is 0 Å². The van der Waals surface area contributed by atoms with E-state index in [1.807, 2.05) is 6.07 Å². The van der Waals surface area contributed by atoms with Gasteiger partial charge in [0.05, 0.1) is 29.4 Å². The van der Waals surface area contributed by atoms with Gasteiger partial charge in [-0.2, -0.15) is 0 Å². The molecule has 0 saturated carbocycles. The molecule has 0 aliphatic carbocycles. The molecule has 3 aromatic rings. The molecule has 0 radical (unpaired) electrons. The van der Waals surface area contributed by atoms with Gasteiger partial charge < -0.3 is 9.64 Å². The van der Waals surface area contributed by atoms with Gasteiger partial charge in [-0.05, 0) is 55.1 Å². The molecule has 32 heavy (non-hydrogen) atoms. The Balaban J connectivity index is 2.01. The first-order valence-electron chi connectivity index (χ1n) is 9.50. The minimum atomic E-state index is -3.84. The summed E-state index contributed by atoms with van der Waals surface area (Å²) in [7, 11) is -1.18. The highest BCUT2D eigenvalue weighted by atomic mass is 35.5. The van der Waals surface area contributed by atoms with Gasteiger partial charge in [0, 0.05) is 18.3 Å². The number of sulfonamides is 1. The van der Waals surface area contributed by atoms with Gasteiger partial charge in [-0.1, -0.05) is 35.3 Å². The Bertz CT molecular complexity index is 1220. The number of pyridine rings is 1. The number of carbonyl (C=O) groups excluding carboxylic acids is 1. The SMILES string of the molecule is CNS(=O)(=O)c1cc(C(=O)N(Cc2ccc(Cl)c(Cl)c2)Cc2ccccn2)ccc1OC. The largest absolute Gasteiger partial charge is 0.495 e. The molecule has 0 aliphatic rings. The van der Waals surface area contributed by atoms with Crippen LogP contribution in [0.5, 0.6) is 5.75 Å². The average Bonchev–Trinajstić information content (AvgIpc) is 2.80. The third-order valence-corrected chi connectivity index (χ3v) is 6.87. The first kappa shape index (κ1) is 24.0. The van der Waals surface area contributed by atoms with Crippen molar-refractivity contribution in [1.29, 1.82) is 0 Å². The van der Waals surface area contributed by atoms with Crippen molar-refractivity contribution in [2.45, 2.75) is 18.0 Å². The fourth-order valence-electron chi connectivity index (χ4n) is 3.06. The van der Waals surface area contributed by atoms with E-state index in [1.54, 1.807) is 41.4 Å². The van der Waals surface area contributed by atoms with E-state index in [0.717, 1.165) is 5.56 Å². The second-order valence-corrected chi connectivity index (χ2v) is 9.47. The van der Waals surface area contributed by atoms with Gasteiger partial charge >= 0.3 is 0 Å². The third kappa shape index (κ3) is 5.58. The van der Waals surface area contributed by atoms with E-state index in [0.29, 0.717) is 15.7 Å². The number of nitrogens with one attached hydrogen (secondary N) is 1. The standard InChI is InChI=1S/C22H21Cl2N3O4S/c1-25-32(29,30)21-12-16(7-9-20(21)31-2)22(28)27(14-17-5-3-4-10-26-17)13-15-6-8-18(23)19(24)11-15/h3-12,25H,13-14H2,1-2H3. The molecule has 0 spiro atoms. The van der Waals surface area contributed by atoms with Crippen molar-refractivity contribution < 1.29 is 17.9 Å². The molecule has 1 aromatic heterocycles. The van der Waals surface area contributed by atoms with Crippen molar-refractivity contribution >= 4 is 39.1 Å². The second-order valence-electron chi connectivity index (χ2n) is 6.80. The minimum absolute atomic E-state index is 0.124. The summed E-state index contributed by atoms with van der Waals surface area (Å²) in [4.78, 5) is 19.2. The van der Waals surface area contributed by atoms with E-state index in [4.69, 9.17) is 27.9 Å². The molecule has 1 heterocycles. The minimum Gasteiger partial charge on any atom is -0.495 e. The lowest BCUT2D eigenvalue weighted by Gasteiger charge is -2.23. The number of benzene rings is 2. The number of hydrogen-bond donors (Lipinski definition) is 1. The molecule has 168 valence electrons. The predicted octanol–water partition coefficient (Wildman–Crippen LogP) is 4.15. The summed E-state index contributed by atoms with van der Waals surface area (Å²) in [6, 6.07) is 14.8. The lowest BCUT2D eigenvalue weighted by Crippen LogP contribution is -2.31. The number of nitrogens with zero attached hydrogens (tertiary/aromatic N) is 2. The van der Waals surface area contributed by atoms with E-state index in [1.165, 1.54) is 32.4 Å². The molecule has 0 bridgehead atoms. The highest BCUT2D eigenvalue weighted by molar-refractivity contribution is 7.89. The number of aromatic nitrogens is 1. The molecular weight excluding hydrogens is 473 g/mol. The molecule has 2 aromatic carbocycles. The lowest BCUT2D eigenvalue weighted by molar-refractivity contribution is 0.0727. The van der Waals surface area contributed by atoms with Crippen LogP contribution in [0.2, 0.25) is 10.0 Å². The van der Waals surface area contributed by atoms with Crippen molar-refractivity contribution in [1.82, 2.24) is 14.6 Å². The quantitative estimate of drug-likeness (QED) is 0.509. The van der Waals surface area contributed by atoms with Crippen LogP contribution in [0.1, 0.15) is 21.6 Å². The topological polar surface area (TPSA) is 88.6 Å². The van der Waals surface area contributed by atoms with Crippen LogP contribution in [0.4, 0.5) is 0 Å². The zero-order chi connectivity index (χ0) is 23.3. The summed E-state index contributed by atoms with van der Waals surface area (Å²) in [5, 5.41) is 0.788. The lowest BCUT2D eigenvalue weighted by atomic mass is 10.1. The monoisotopic (exact) mass is 493 g/mol. The number of rotatable bonds is 8. The first-order valence-corrected chi connectivity index (χ1v) is 11.7. The molecule has 7 nitrogen and oxygen atoms in total. The van der Waals surface area contributed by atoms with Crippen LogP contribution in [0, 0.1) is 0 Å². The molecule has 0 aliphatic heterocycles. The molecule has 10 heteroatoms. The number of amides is 1. The van der Waals surface area contributed by atoms with E-state index in [9.17, 15) is 13.2 Å². The first-order chi connectivity index (χ1) is 15.2. The number of methoxy groups -OCH3 is 1. The molecule has 3 rings (SSSR count). The van der Waals surface area contributed by atoms with Crippen molar-refractivity contribution in [2.24, 2.45) is 0 Å². The molecule has 1 amide bonds. The maximum absolute atomic E-state index is 13.5. The Kier molecular flexibility index (Phi) is 7.73. The van der Waals surface area contributed by atoms with Gasteiger partial charge in [-0.15, -0.1) is 0 Å². The fourth-order valence-corrected chi connectivity index (χ4v) is 4.30. The van der Waals surface area contributed by atoms with Crippen LogP contribution < -0.4 is 9.46 Å². The Labute approximate surface area is 197 Å². The number of halogens is 2. The predicted molar refractivity (Wildman–Crippen MR) is 124 cm³/mol. The van der Waals surface area contributed by atoms with Crippen LogP contribution in [0.15, 0.2) is 65.7 Å². The molecule has 1 N–H and O–H groups in total. The molecule has 0 fully saturated rings. The summed E-state index contributed by atoms with van der Waals surface area (Å²) in [6.45, 7) is 0.423. The summed E-state index contributed by atoms with van der Waals surface area (Å²) < 4.78 is 32.3. The van der Waals surface area contributed by atoms with Crippen molar-refractivity contribution in [3.05, 3.63) is 87.7 Å². The highest BCUT2D eigenvalue weighted by Crippen LogP contribution is 2.27. The van der Waals surface area contributed by atoms with E-state index < -0.39 is 10.0 Å². The van der Waals surface area contributed by atoms with Gasteiger partial charge in [-0.25, -0.2) is 13.1 Å².